The fraction of sp³-hybridized carbons (Fsp3) is 0.667. The van der Waals surface area contributed by atoms with Gasteiger partial charge in [-0.1, -0.05) is 60.3 Å². The van der Waals surface area contributed by atoms with Crippen molar-refractivity contribution in [2.45, 2.75) is 76.7 Å². The Hall–Kier alpha value is -1.38. The Morgan fingerprint density at radius 1 is 0.750 bits per heavy atom. The van der Waals surface area contributed by atoms with Crippen molar-refractivity contribution in [3.63, 3.8) is 0 Å². The van der Waals surface area contributed by atoms with Crippen LogP contribution in [-0.2, 0) is 0 Å². The summed E-state index contributed by atoms with van der Waals surface area (Å²) in [6.07, 6.45) is 35.7. The first-order valence-corrected chi connectivity index (χ1v) is 13.6. The Labute approximate surface area is 196 Å². The lowest BCUT2D eigenvalue weighted by Gasteiger charge is -2.62. The van der Waals surface area contributed by atoms with Crippen LogP contribution in [0.25, 0.3) is 0 Å². The highest BCUT2D eigenvalue weighted by Crippen LogP contribution is 2.55. The zero-order valence-electron chi connectivity index (χ0n) is 20.1. The van der Waals surface area contributed by atoms with Gasteiger partial charge in [0.15, 0.2) is 0 Å². The van der Waals surface area contributed by atoms with E-state index in [1.807, 2.05) is 0 Å². The molecule has 0 amide bonds. The van der Waals surface area contributed by atoms with Gasteiger partial charge in [0, 0.05) is 32.2 Å². The second-order valence-corrected chi connectivity index (χ2v) is 11.1. The Balaban J connectivity index is 1.43. The van der Waals surface area contributed by atoms with Crippen molar-refractivity contribution in [2.24, 2.45) is 17.3 Å². The van der Waals surface area contributed by atoms with E-state index in [1.165, 1.54) is 84.1 Å². The van der Waals surface area contributed by atoms with E-state index in [-0.39, 0.29) is 0 Å². The van der Waals surface area contributed by atoms with Crippen LogP contribution in [0.3, 0.4) is 0 Å². The van der Waals surface area contributed by atoms with E-state index >= 15 is 0 Å². The smallest absolute Gasteiger partial charge is 0.0310 e. The first-order valence-electron chi connectivity index (χ1n) is 13.6. The molecule has 4 heterocycles. The highest BCUT2D eigenvalue weighted by Gasteiger charge is 2.55. The van der Waals surface area contributed by atoms with Crippen molar-refractivity contribution in [1.29, 1.82) is 0 Å². The lowest BCUT2D eigenvalue weighted by Crippen LogP contribution is -2.65. The maximum Gasteiger partial charge on any atom is 0.0310 e. The summed E-state index contributed by atoms with van der Waals surface area (Å²) < 4.78 is 0. The second kappa shape index (κ2) is 10.7. The Bertz CT molecular complexity index is 772. The van der Waals surface area contributed by atoms with Crippen LogP contribution in [0.5, 0.6) is 0 Å². The standard InChI is InChI=1S/C30H44N2/c1-2-4-7-11-15-19-31-23-27-21-26-17-13-9-5-8-12-16-20-32-25-30(24-31,18-14-10-6-3-1)28(27)22-29(26)32/h1-2,5-7,9-11,17,27-29H,3-4,8,12-16,18-25H2. The molecule has 3 fully saturated rings. The lowest BCUT2D eigenvalue weighted by atomic mass is 9.54. The molecule has 1 aliphatic carbocycles. The molecule has 1 saturated carbocycles. The topological polar surface area (TPSA) is 6.48 Å². The molecule has 5 atom stereocenters. The SMILES string of the molecule is C1=CCC=CCCC23CN(CCC=CC1)CC1CC4=CCC=CCCCCN(C2)C4CC13. The summed E-state index contributed by atoms with van der Waals surface area (Å²) in [5.74, 6) is 1.80. The fourth-order valence-electron chi connectivity index (χ4n) is 7.52. The number of rotatable bonds is 0. The molecule has 32 heavy (non-hydrogen) atoms. The van der Waals surface area contributed by atoms with Crippen LogP contribution in [0.4, 0.5) is 0 Å². The predicted molar refractivity (Wildman–Crippen MR) is 137 cm³/mol. The zero-order chi connectivity index (χ0) is 21.6. The number of allylic oxidation sites excluding steroid dienone is 8. The normalized spacial score (nSPS) is 38.8. The van der Waals surface area contributed by atoms with Gasteiger partial charge in [0.05, 0.1) is 0 Å². The van der Waals surface area contributed by atoms with Crippen molar-refractivity contribution < 1.29 is 0 Å². The van der Waals surface area contributed by atoms with Gasteiger partial charge < -0.3 is 4.90 Å². The average Bonchev–Trinajstić information content (AvgIpc) is 2.84. The Morgan fingerprint density at radius 2 is 1.53 bits per heavy atom. The van der Waals surface area contributed by atoms with Crippen molar-refractivity contribution in [3.8, 4) is 0 Å². The summed E-state index contributed by atoms with van der Waals surface area (Å²) in [4.78, 5) is 5.82. The molecule has 0 radical (unpaired) electrons. The number of hydrogen-bond donors (Lipinski definition) is 0. The minimum absolute atomic E-state index is 0.494. The van der Waals surface area contributed by atoms with Crippen molar-refractivity contribution in [1.82, 2.24) is 9.80 Å². The molecule has 1 spiro atoms. The number of piperidine rings is 2. The quantitative estimate of drug-likeness (QED) is 0.394. The van der Waals surface area contributed by atoms with E-state index in [2.05, 4.69) is 64.5 Å². The third-order valence-electron chi connectivity index (χ3n) is 8.96. The van der Waals surface area contributed by atoms with E-state index in [0.717, 1.165) is 37.1 Å². The van der Waals surface area contributed by atoms with Gasteiger partial charge in [0.1, 0.15) is 0 Å². The number of hydrogen-bond acceptors (Lipinski definition) is 2. The summed E-state index contributed by atoms with van der Waals surface area (Å²) in [7, 11) is 0. The Morgan fingerprint density at radius 3 is 2.44 bits per heavy atom. The van der Waals surface area contributed by atoms with E-state index in [9.17, 15) is 0 Å². The summed E-state index contributed by atoms with van der Waals surface area (Å²) >= 11 is 0. The van der Waals surface area contributed by atoms with E-state index in [4.69, 9.17) is 0 Å². The highest BCUT2D eigenvalue weighted by atomic mass is 15.2. The van der Waals surface area contributed by atoms with E-state index < -0.39 is 0 Å². The molecular formula is C30H44N2. The summed E-state index contributed by atoms with van der Waals surface area (Å²) in [5, 5.41) is 0. The minimum atomic E-state index is 0.494. The van der Waals surface area contributed by atoms with Gasteiger partial charge >= 0.3 is 0 Å². The maximum absolute atomic E-state index is 2.95. The number of fused-ring (bicyclic) bond motifs is 1. The second-order valence-electron chi connectivity index (χ2n) is 11.1. The molecule has 5 aliphatic rings. The fourth-order valence-corrected chi connectivity index (χ4v) is 7.52. The van der Waals surface area contributed by atoms with E-state index in [0.29, 0.717) is 5.41 Å². The average molecular weight is 433 g/mol. The van der Waals surface area contributed by atoms with Gasteiger partial charge in [-0.15, -0.1) is 0 Å². The largest absolute Gasteiger partial charge is 0.302 e. The molecule has 0 N–H and O–H groups in total. The van der Waals surface area contributed by atoms with Gasteiger partial charge in [0.2, 0.25) is 0 Å². The first-order chi connectivity index (χ1) is 15.8. The van der Waals surface area contributed by atoms with Crippen LogP contribution in [0, 0.1) is 17.3 Å². The molecule has 2 nitrogen and oxygen atoms in total. The van der Waals surface area contributed by atoms with Crippen molar-refractivity contribution >= 4 is 0 Å². The van der Waals surface area contributed by atoms with Gasteiger partial charge in [-0.2, -0.15) is 0 Å². The molecule has 0 aromatic carbocycles. The van der Waals surface area contributed by atoms with Crippen LogP contribution in [0.2, 0.25) is 0 Å². The molecule has 5 rings (SSSR count). The predicted octanol–water partition coefficient (Wildman–Crippen LogP) is 6.69. The Kier molecular flexibility index (Phi) is 7.49. The lowest BCUT2D eigenvalue weighted by molar-refractivity contribution is -0.107. The van der Waals surface area contributed by atoms with Gasteiger partial charge in [-0.05, 0) is 94.4 Å². The van der Waals surface area contributed by atoms with Gasteiger partial charge in [-0.3, -0.25) is 4.90 Å². The number of nitrogens with zero attached hydrogens (tertiary/aromatic N) is 2. The molecular weight excluding hydrogens is 388 g/mol. The van der Waals surface area contributed by atoms with Crippen LogP contribution in [0.1, 0.15) is 70.6 Å². The molecule has 2 saturated heterocycles. The molecule has 4 bridgehead atoms. The molecule has 0 aromatic rings. The maximum atomic E-state index is 2.95. The molecule has 0 aromatic heterocycles. The van der Waals surface area contributed by atoms with Gasteiger partial charge in [-0.25, -0.2) is 0 Å². The molecule has 5 unspecified atom stereocenters. The molecule has 4 aliphatic heterocycles. The third kappa shape index (κ3) is 5.07. The monoisotopic (exact) mass is 432 g/mol. The van der Waals surface area contributed by atoms with Crippen LogP contribution < -0.4 is 0 Å². The highest BCUT2D eigenvalue weighted by molar-refractivity contribution is 5.23. The minimum Gasteiger partial charge on any atom is -0.302 e. The zero-order valence-corrected chi connectivity index (χ0v) is 20.1. The van der Waals surface area contributed by atoms with Crippen molar-refractivity contribution in [2.75, 3.05) is 32.7 Å². The molecule has 2 heteroatoms. The summed E-state index contributed by atoms with van der Waals surface area (Å²) in [6.45, 7) is 6.54. The van der Waals surface area contributed by atoms with E-state index in [1.54, 1.807) is 5.57 Å². The van der Waals surface area contributed by atoms with Gasteiger partial charge in [0.25, 0.3) is 0 Å². The first kappa shape index (κ1) is 22.4. The summed E-state index contributed by atoms with van der Waals surface area (Å²) in [6, 6.07) is 0.736. The molecule has 174 valence electrons. The van der Waals surface area contributed by atoms with Crippen LogP contribution >= 0.6 is 0 Å². The van der Waals surface area contributed by atoms with Crippen LogP contribution in [0.15, 0.2) is 60.3 Å². The van der Waals surface area contributed by atoms with Crippen LogP contribution in [-0.4, -0.2) is 48.6 Å². The third-order valence-corrected chi connectivity index (χ3v) is 8.96. The van der Waals surface area contributed by atoms with Crippen molar-refractivity contribution in [3.05, 3.63) is 60.3 Å². The summed E-state index contributed by atoms with van der Waals surface area (Å²) in [5.41, 5.74) is 2.28.